The minimum atomic E-state index is 0.00687. The van der Waals surface area contributed by atoms with Crippen molar-refractivity contribution in [2.45, 2.75) is 51.0 Å². The summed E-state index contributed by atoms with van der Waals surface area (Å²) in [6.45, 7) is 3.68. The van der Waals surface area contributed by atoms with Crippen LogP contribution in [-0.2, 0) is 4.79 Å². The Morgan fingerprint density at radius 1 is 0.920 bits per heavy atom. The first-order valence-corrected chi connectivity index (χ1v) is 9.82. The minimum Gasteiger partial charge on any atom is -0.341 e. The molecule has 1 aromatic rings. The Morgan fingerprint density at radius 2 is 1.64 bits per heavy atom. The predicted molar refractivity (Wildman–Crippen MR) is 100 cm³/mol. The molecule has 1 aliphatic heterocycles. The number of halogens is 1. The van der Waals surface area contributed by atoms with Gasteiger partial charge in [0, 0.05) is 55.6 Å². The molecule has 1 saturated carbocycles. The number of benzene rings is 1. The smallest absolute Gasteiger partial charge is 0.223 e. The molecule has 2 fully saturated rings. The first kappa shape index (κ1) is 18.4. The lowest BCUT2D eigenvalue weighted by molar-refractivity contribution is -0.131. The molecule has 3 rings (SSSR count). The van der Waals surface area contributed by atoms with Gasteiger partial charge in [-0.05, 0) is 43.5 Å². The number of carbonyl (C=O) groups excluding carboxylic acids is 2. The maximum Gasteiger partial charge on any atom is 0.223 e. The maximum atomic E-state index is 12.5. The van der Waals surface area contributed by atoms with E-state index in [1.165, 1.54) is 25.7 Å². The molecule has 25 heavy (non-hydrogen) atoms. The van der Waals surface area contributed by atoms with Crippen LogP contribution in [0.4, 0.5) is 0 Å². The number of hydrogen-bond acceptors (Lipinski definition) is 3. The number of carbonyl (C=O) groups is 2. The van der Waals surface area contributed by atoms with E-state index in [1.807, 2.05) is 4.90 Å². The van der Waals surface area contributed by atoms with Crippen LogP contribution < -0.4 is 0 Å². The second-order valence-electron chi connectivity index (χ2n) is 7.14. The van der Waals surface area contributed by atoms with Gasteiger partial charge in [0.05, 0.1) is 0 Å². The maximum absolute atomic E-state index is 12.5. The van der Waals surface area contributed by atoms with Crippen molar-refractivity contribution in [2.75, 3.05) is 26.2 Å². The molecular formula is C20H27ClN2O2. The van der Waals surface area contributed by atoms with Gasteiger partial charge >= 0.3 is 0 Å². The first-order chi connectivity index (χ1) is 12.1. The van der Waals surface area contributed by atoms with Crippen LogP contribution in [-0.4, -0.2) is 53.7 Å². The molecule has 1 aromatic carbocycles. The Morgan fingerprint density at radius 3 is 2.36 bits per heavy atom. The van der Waals surface area contributed by atoms with E-state index < -0.39 is 0 Å². The van der Waals surface area contributed by atoms with Crippen LogP contribution in [0.2, 0.25) is 5.02 Å². The normalized spacial score (nSPS) is 19.8. The van der Waals surface area contributed by atoms with E-state index >= 15 is 0 Å². The standard InChI is InChI=1S/C20H27ClN2O2/c21-17-8-6-16(7-9-17)19(24)10-11-20(25)23-13-3-12-22(14-15-23)18-4-1-2-5-18/h6-9,18H,1-5,10-15H2. The van der Waals surface area contributed by atoms with Crippen LogP contribution in [0.15, 0.2) is 24.3 Å². The third kappa shape index (κ3) is 5.05. The topological polar surface area (TPSA) is 40.6 Å². The lowest BCUT2D eigenvalue weighted by Gasteiger charge is -2.27. The first-order valence-electron chi connectivity index (χ1n) is 9.44. The van der Waals surface area contributed by atoms with Gasteiger partial charge in [0.25, 0.3) is 0 Å². The third-order valence-corrected chi connectivity index (χ3v) is 5.71. The van der Waals surface area contributed by atoms with Crippen LogP contribution in [0.25, 0.3) is 0 Å². The molecule has 1 heterocycles. The number of amides is 1. The highest BCUT2D eigenvalue weighted by Gasteiger charge is 2.26. The summed E-state index contributed by atoms with van der Waals surface area (Å²) in [5.74, 6) is 0.114. The van der Waals surface area contributed by atoms with Crippen molar-refractivity contribution in [1.82, 2.24) is 9.80 Å². The van der Waals surface area contributed by atoms with Crippen LogP contribution in [0, 0.1) is 0 Å². The molecule has 136 valence electrons. The van der Waals surface area contributed by atoms with Crippen molar-refractivity contribution in [3.8, 4) is 0 Å². The summed E-state index contributed by atoms with van der Waals surface area (Å²) in [5.41, 5.74) is 0.625. The largest absolute Gasteiger partial charge is 0.341 e. The molecule has 0 radical (unpaired) electrons. The summed E-state index contributed by atoms with van der Waals surface area (Å²) in [6.07, 6.45) is 6.90. The molecule has 0 spiro atoms. The van der Waals surface area contributed by atoms with Crippen LogP contribution in [0.3, 0.4) is 0 Å². The van der Waals surface area contributed by atoms with Gasteiger partial charge in [0.2, 0.25) is 5.91 Å². The molecule has 4 nitrogen and oxygen atoms in total. The Balaban J connectivity index is 1.46. The Hall–Kier alpha value is -1.39. The fraction of sp³-hybridized carbons (Fsp3) is 0.600. The Bertz CT molecular complexity index is 596. The molecule has 0 bridgehead atoms. The molecule has 2 aliphatic rings. The SMILES string of the molecule is O=C(CCC(=O)N1CCCN(C2CCCC2)CC1)c1ccc(Cl)cc1. The lowest BCUT2D eigenvalue weighted by Crippen LogP contribution is -2.38. The monoisotopic (exact) mass is 362 g/mol. The fourth-order valence-electron chi connectivity index (χ4n) is 3.98. The van der Waals surface area contributed by atoms with E-state index in [4.69, 9.17) is 11.6 Å². The van der Waals surface area contributed by atoms with Gasteiger partial charge in [0.1, 0.15) is 0 Å². The fourth-order valence-corrected chi connectivity index (χ4v) is 4.11. The van der Waals surface area contributed by atoms with E-state index in [2.05, 4.69) is 4.90 Å². The number of hydrogen-bond donors (Lipinski definition) is 0. The molecule has 5 heteroatoms. The van der Waals surface area contributed by atoms with Crippen LogP contribution in [0.5, 0.6) is 0 Å². The van der Waals surface area contributed by atoms with E-state index in [0.29, 0.717) is 17.0 Å². The molecule has 1 aliphatic carbocycles. The highest BCUT2D eigenvalue weighted by atomic mass is 35.5. The van der Waals surface area contributed by atoms with Crippen LogP contribution >= 0.6 is 11.6 Å². The number of rotatable bonds is 5. The minimum absolute atomic E-state index is 0.00687. The molecule has 1 saturated heterocycles. The summed E-state index contributed by atoms with van der Waals surface area (Å²) in [5, 5.41) is 0.615. The van der Waals surface area contributed by atoms with Crippen molar-refractivity contribution in [3.63, 3.8) is 0 Å². The zero-order chi connectivity index (χ0) is 17.6. The van der Waals surface area contributed by atoms with E-state index in [0.717, 1.165) is 38.6 Å². The summed E-state index contributed by atoms with van der Waals surface area (Å²) in [6, 6.07) is 7.59. The number of nitrogens with zero attached hydrogens (tertiary/aromatic N) is 2. The Kier molecular flexibility index (Phi) is 6.49. The summed E-state index contributed by atoms with van der Waals surface area (Å²) in [7, 11) is 0. The van der Waals surface area contributed by atoms with Gasteiger partial charge in [-0.1, -0.05) is 24.4 Å². The Labute approximate surface area is 155 Å². The zero-order valence-corrected chi connectivity index (χ0v) is 15.5. The van der Waals surface area contributed by atoms with Gasteiger partial charge in [-0.2, -0.15) is 0 Å². The van der Waals surface area contributed by atoms with E-state index in [9.17, 15) is 9.59 Å². The lowest BCUT2D eigenvalue weighted by atomic mass is 10.1. The van der Waals surface area contributed by atoms with Crippen molar-refractivity contribution < 1.29 is 9.59 Å². The molecule has 1 amide bonds. The molecule has 0 atom stereocenters. The second kappa shape index (κ2) is 8.81. The average Bonchev–Trinajstić information content (AvgIpc) is 3.04. The summed E-state index contributed by atoms with van der Waals surface area (Å²) >= 11 is 5.84. The third-order valence-electron chi connectivity index (χ3n) is 5.46. The second-order valence-corrected chi connectivity index (χ2v) is 7.58. The number of ketones is 1. The van der Waals surface area contributed by atoms with Crippen LogP contribution in [0.1, 0.15) is 55.3 Å². The van der Waals surface area contributed by atoms with Gasteiger partial charge in [0.15, 0.2) is 5.78 Å². The van der Waals surface area contributed by atoms with Gasteiger partial charge in [-0.15, -0.1) is 0 Å². The van der Waals surface area contributed by atoms with Crippen molar-refractivity contribution in [3.05, 3.63) is 34.9 Å². The molecule has 0 aromatic heterocycles. The van der Waals surface area contributed by atoms with Gasteiger partial charge < -0.3 is 4.90 Å². The van der Waals surface area contributed by atoms with Gasteiger partial charge in [-0.3, -0.25) is 14.5 Å². The van der Waals surface area contributed by atoms with Crippen molar-refractivity contribution >= 4 is 23.3 Å². The van der Waals surface area contributed by atoms with E-state index in [-0.39, 0.29) is 18.1 Å². The van der Waals surface area contributed by atoms with Crippen molar-refractivity contribution in [2.24, 2.45) is 0 Å². The highest BCUT2D eigenvalue weighted by Crippen LogP contribution is 2.24. The molecule has 0 unspecified atom stereocenters. The predicted octanol–water partition coefficient (Wildman–Crippen LogP) is 3.78. The van der Waals surface area contributed by atoms with Gasteiger partial charge in [-0.25, -0.2) is 0 Å². The number of Topliss-reactive ketones (excluding diaryl/α,β-unsaturated/α-hetero) is 1. The summed E-state index contributed by atoms with van der Waals surface area (Å²) < 4.78 is 0. The van der Waals surface area contributed by atoms with Crippen molar-refractivity contribution in [1.29, 1.82) is 0 Å². The molecule has 0 N–H and O–H groups in total. The quantitative estimate of drug-likeness (QED) is 0.748. The highest BCUT2D eigenvalue weighted by molar-refractivity contribution is 6.30. The van der Waals surface area contributed by atoms with E-state index in [1.54, 1.807) is 24.3 Å². The summed E-state index contributed by atoms with van der Waals surface area (Å²) in [4.78, 5) is 29.2. The molecular weight excluding hydrogens is 336 g/mol. The zero-order valence-electron chi connectivity index (χ0n) is 14.8. The average molecular weight is 363 g/mol.